The zero-order chi connectivity index (χ0) is 20.1. The van der Waals surface area contributed by atoms with Crippen LogP contribution in [0.5, 0.6) is 5.75 Å². The lowest BCUT2D eigenvalue weighted by Crippen LogP contribution is -2.44. The number of rotatable bonds is 7. The first kappa shape index (κ1) is 19.9. The van der Waals surface area contributed by atoms with Crippen LogP contribution in [0.15, 0.2) is 30.2 Å². The molecule has 0 bridgehead atoms. The Hall–Kier alpha value is -2.36. The molecule has 1 saturated heterocycles. The van der Waals surface area contributed by atoms with Crippen molar-refractivity contribution >= 4 is 32.6 Å². The largest absolute Gasteiger partial charge is 0.494 e. The predicted molar refractivity (Wildman–Crippen MR) is 110 cm³/mol. The Morgan fingerprint density at radius 2 is 2.14 bits per heavy atom. The highest BCUT2D eigenvalue weighted by molar-refractivity contribution is 7.22. The normalized spacial score (nSPS) is 17.3. The van der Waals surface area contributed by atoms with Crippen LogP contribution in [0.25, 0.3) is 10.2 Å². The number of morpholine rings is 1. The fraction of sp³-hybridized carbons (Fsp3) is 0.500. The summed E-state index contributed by atoms with van der Waals surface area (Å²) in [6.07, 6.45) is 1.40. The SMILES string of the molecule is CCOc1cccc2sc(N(CCN3CCOCC3)C(=O)C3=COCCO3)nc12. The summed E-state index contributed by atoms with van der Waals surface area (Å²) in [6, 6.07) is 5.83. The molecule has 0 unspecified atom stereocenters. The van der Waals surface area contributed by atoms with Crippen molar-refractivity contribution in [2.45, 2.75) is 6.92 Å². The molecule has 0 spiro atoms. The summed E-state index contributed by atoms with van der Waals surface area (Å²) >= 11 is 1.47. The van der Waals surface area contributed by atoms with E-state index in [1.807, 2.05) is 25.1 Å². The Bertz CT molecular complexity index is 878. The van der Waals surface area contributed by atoms with Gasteiger partial charge in [-0.25, -0.2) is 4.98 Å². The van der Waals surface area contributed by atoms with Gasteiger partial charge < -0.3 is 18.9 Å². The van der Waals surface area contributed by atoms with Gasteiger partial charge in [0.1, 0.15) is 30.7 Å². The van der Waals surface area contributed by atoms with Crippen molar-refractivity contribution in [1.82, 2.24) is 9.88 Å². The van der Waals surface area contributed by atoms with Gasteiger partial charge in [0.15, 0.2) is 5.13 Å². The summed E-state index contributed by atoms with van der Waals surface area (Å²) in [5, 5.41) is 0.625. The van der Waals surface area contributed by atoms with Crippen molar-refractivity contribution in [3.05, 3.63) is 30.2 Å². The minimum absolute atomic E-state index is 0.211. The highest BCUT2D eigenvalue weighted by Gasteiger charge is 2.27. The Balaban J connectivity index is 1.61. The maximum absolute atomic E-state index is 13.2. The van der Waals surface area contributed by atoms with Crippen LogP contribution in [0.1, 0.15) is 6.92 Å². The second-order valence-electron chi connectivity index (χ2n) is 6.64. The van der Waals surface area contributed by atoms with Gasteiger partial charge in [-0.2, -0.15) is 0 Å². The molecule has 9 heteroatoms. The number of thiazole rings is 1. The molecule has 1 fully saturated rings. The van der Waals surface area contributed by atoms with Gasteiger partial charge in [-0.05, 0) is 19.1 Å². The third kappa shape index (κ3) is 4.63. The first-order valence-electron chi connectivity index (χ1n) is 9.85. The fourth-order valence-corrected chi connectivity index (χ4v) is 4.27. The first-order valence-corrected chi connectivity index (χ1v) is 10.7. The van der Waals surface area contributed by atoms with Gasteiger partial charge in [0.25, 0.3) is 5.91 Å². The molecule has 0 N–H and O–H groups in total. The number of carbonyl (C=O) groups is 1. The van der Waals surface area contributed by atoms with Gasteiger partial charge >= 0.3 is 0 Å². The van der Waals surface area contributed by atoms with E-state index >= 15 is 0 Å². The summed E-state index contributed by atoms with van der Waals surface area (Å²) in [4.78, 5) is 21.9. The van der Waals surface area contributed by atoms with Crippen molar-refractivity contribution in [3.63, 3.8) is 0 Å². The van der Waals surface area contributed by atoms with E-state index in [9.17, 15) is 4.79 Å². The van der Waals surface area contributed by atoms with Gasteiger partial charge in [-0.3, -0.25) is 14.6 Å². The number of para-hydroxylation sites is 1. The number of benzene rings is 1. The summed E-state index contributed by atoms with van der Waals surface area (Å²) in [6.45, 7) is 7.70. The number of carbonyl (C=O) groups excluding carboxylic acids is 1. The molecule has 1 amide bonds. The molecule has 0 radical (unpaired) electrons. The Morgan fingerprint density at radius 1 is 1.28 bits per heavy atom. The van der Waals surface area contributed by atoms with Crippen molar-refractivity contribution in [1.29, 1.82) is 0 Å². The van der Waals surface area contributed by atoms with Crippen molar-refractivity contribution in [2.75, 3.05) is 64.1 Å². The molecule has 8 nitrogen and oxygen atoms in total. The molecule has 1 aromatic heterocycles. The van der Waals surface area contributed by atoms with Gasteiger partial charge in [0.05, 0.1) is 24.5 Å². The van der Waals surface area contributed by atoms with Crippen LogP contribution in [0.3, 0.4) is 0 Å². The minimum Gasteiger partial charge on any atom is -0.494 e. The Morgan fingerprint density at radius 3 is 2.90 bits per heavy atom. The molecule has 156 valence electrons. The van der Waals surface area contributed by atoms with Crippen LogP contribution in [-0.2, 0) is 19.0 Å². The van der Waals surface area contributed by atoms with Crippen LogP contribution in [0, 0.1) is 0 Å². The zero-order valence-corrected chi connectivity index (χ0v) is 17.3. The van der Waals surface area contributed by atoms with Gasteiger partial charge in [0, 0.05) is 26.2 Å². The van der Waals surface area contributed by atoms with E-state index in [1.54, 1.807) is 4.90 Å². The molecule has 0 saturated carbocycles. The number of amides is 1. The number of aromatic nitrogens is 1. The lowest BCUT2D eigenvalue weighted by molar-refractivity contribution is -0.119. The highest BCUT2D eigenvalue weighted by atomic mass is 32.1. The molecule has 3 heterocycles. The second-order valence-corrected chi connectivity index (χ2v) is 7.65. The lowest BCUT2D eigenvalue weighted by atomic mass is 10.3. The fourth-order valence-electron chi connectivity index (χ4n) is 3.26. The Labute approximate surface area is 173 Å². The molecular formula is C20H25N3O5S. The second kappa shape index (κ2) is 9.43. The molecule has 1 aromatic carbocycles. The molecule has 2 aliphatic rings. The third-order valence-electron chi connectivity index (χ3n) is 4.75. The minimum atomic E-state index is -0.241. The molecular weight excluding hydrogens is 394 g/mol. The first-order chi connectivity index (χ1) is 14.3. The highest BCUT2D eigenvalue weighted by Crippen LogP contribution is 2.34. The van der Waals surface area contributed by atoms with E-state index in [-0.39, 0.29) is 11.7 Å². The summed E-state index contributed by atoms with van der Waals surface area (Å²) in [7, 11) is 0. The van der Waals surface area contributed by atoms with E-state index < -0.39 is 0 Å². The van der Waals surface area contributed by atoms with Gasteiger partial charge in [-0.15, -0.1) is 0 Å². The summed E-state index contributed by atoms with van der Waals surface area (Å²) < 4.78 is 22.9. The van der Waals surface area contributed by atoms with E-state index in [2.05, 4.69) is 4.90 Å². The van der Waals surface area contributed by atoms with E-state index in [4.69, 9.17) is 23.9 Å². The zero-order valence-electron chi connectivity index (χ0n) is 16.5. The maximum Gasteiger partial charge on any atom is 0.298 e. The third-order valence-corrected chi connectivity index (χ3v) is 5.79. The predicted octanol–water partition coefficient (Wildman–Crippen LogP) is 2.25. The Kier molecular flexibility index (Phi) is 6.48. The van der Waals surface area contributed by atoms with E-state index in [0.29, 0.717) is 31.5 Å². The molecule has 2 aliphatic heterocycles. The van der Waals surface area contributed by atoms with Crippen LogP contribution >= 0.6 is 11.3 Å². The number of anilines is 1. The average molecular weight is 420 g/mol. The monoisotopic (exact) mass is 419 g/mol. The number of hydrogen-bond acceptors (Lipinski definition) is 8. The average Bonchev–Trinajstić information content (AvgIpc) is 3.20. The van der Waals surface area contributed by atoms with Crippen molar-refractivity contribution in [3.8, 4) is 5.75 Å². The van der Waals surface area contributed by atoms with Gasteiger partial charge in [0.2, 0.25) is 5.76 Å². The summed E-state index contributed by atoms with van der Waals surface area (Å²) in [5.41, 5.74) is 0.772. The van der Waals surface area contributed by atoms with Crippen LogP contribution in [0.4, 0.5) is 5.13 Å². The van der Waals surface area contributed by atoms with Crippen molar-refractivity contribution < 1.29 is 23.7 Å². The van der Waals surface area contributed by atoms with Crippen LogP contribution in [0.2, 0.25) is 0 Å². The van der Waals surface area contributed by atoms with Crippen LogP contribution in [-0.4, -0.2) is 75.0 Å². The molecule has 2 aromatic rings. The molecule has 29 heavy (non-hydrogen) atoms. The van der Waals surface area contributed by atoms with E-state index in [1.165, 1.54) is 17.6 Å². The van der Waals surface area contributed by atoms with E-state index in [0.717, 1.165) is 48.8 Å². The van der Waals surface area contributed by atoms with Gasteiger partial charge in [-0.1, -0.05) is 17.4 Å². The van der Waals surface area contributed by atoms with Crippen molar-refractivity contribution in [2.24, 2.45) is 0 Å². The number of fused-ring (bicyclic) bond motifs is 1. The smallest absolute Gasteiger partial charge is 0.298 e. The molecule has 0 aliphatic carbocycles. The number of ether oxygens (including phenoxy) is 4. The molecule has 4 rings (SSSR count). The standard InChI is InChI=1S/C20H25N3O5S/c1-2-27-15-4-3-5-17-18(15)21-20(29-17)23(7-6-22-8-10-25-11-9-22)19(24)16-14-26-12-13-28-16/h3-5,14H,2,6-13H2,1H3. The maximum atomic E-state index is 13.2. The molecule has 0 atom stereocenters. The number of nitrogens with zero attached hydrogens (tertiary/aromatic N) is 3. The lowest BCUT2D eigenvalue weighted by Gasteiger charge is -2.29. The summed E-state index contributed by atoms with van der Waals surface area (Å²) in [5.74, 6) is 0.696. The quantitative estimate of drug-likeness (QED) is 0.681. The topological polar surface area (TPSA) is 73.4 Å². The van der Waals surface area contributed by atoms with Crippen LogP contribution < -0.4 is 9.64 Å². The number of hydrogen-bond donors (Lipinski definition) is 0.